The molecule has 2 amide bonds. The van der Waals surface area contributed by atoms with Gasteiger partial charge in [-0.05, 0) is 42.0 Å². The summed E-state index contributed by atoms with van der Waals surface area (Å²) >= 11 is 5.97. The van der Waals surface area contributed by atoms with Crippen LogP contribution in [0.25, 0.3) is 0 Å². The van der Waals surface area contributed by atoms with Gasteiger partial charge in [0.05, 0.1) is 10.6 Å². The second kappa shape index (κ2) is 9.84. The molecule has 32 heavy (non-hydrogen) atoms. The minimum Gasteiger partial charge on any atom is -0.368 e. The zero-order chi connectivity index (χ0) is 23.3. The van der Waals surface area contributed by atoms with Crippen molar-refractivity contribution in [1.82, 2.24) is 5.32 Å². The predicted octanol–water partition coefficient (Wildman–Crippen LogP) is 2.99. The number of sulfonamides is 1. The highest BCUT2D eigenvalue weighted by Gasteiger charge is 2.24. The molecule has 0 saturated heterocycles. The van der Waals surface area contributed by atoms with Gasteiger partial charge in [-0.1, -0.05) is 54.1 Å². The SMILES string of the molecule is CN(c1cccc(Cl)c1)S(=O)(=O)c1cccc(C(=O)NC(Cc2ccccc2)C(N)=O)c1. The van der Waals surface area contributed by atoms with Crippen LogP contribution in [0.15, 0.2) is 83.8 Å². The number of carbonyl (C=O) groups excluding carboxylic acids is 2. The lowest BCUT2D eigenvalue weighted by Gasteiger charge is -2.20. The summed E-state index contributed by atoms with van der Waals surface area (Å²) in [4.78, 5) is 24.6. The van der Waals surface area contributed by atoms with Crippen molar-refractivity contribution in [2.45, 2.75) is 17.4 Å². The predicted molar refractivity (Wildman–Crippen MR) is 124 cm³/mol. The number of amides is 2. The molecule has 0 heterocycles. The molecule has 3 aromatic rings. The molecule has 0 aliphatic carbocycles. The van der Waals surface area contributed by atoms with Gasteiger partial charge in [-0.25, -0.2) is 8.42 Å². The Kier molecular flexibility index (Phi) is 7.17. The summed E-state index contributed by atoms with van der Waals surface area (Å²) in [6.07, 6.45) is 0.220. The van der Waals surface area contributed by atoms with Gasteiger partial charge in [0.25, 0.3) is 15.9 Å². The largest absolute Gasteiger partial charge is 0.368 e. The minimum absolute atomic E-state index is 0.0775. The second-order valence-electron chi connectivity index (χ2n) is 7.10. The van der Waals surface area contributed by atoms with Crippen molar-refractivity contribution in [1.29, 1.82) is 0 Å². The highest BCUT2D eigenvalue weighted by atomic mass is 35.5. The maximum absolute atomic E-state index is 13.1. The molecule has 3 N–H and O–H groups in total. The third-order valence-electron chi connectivity index (χ3n) is 4.86. The maximum atomic E-state index is 13.1. The van der Waals surface area contributed by atoms with E-state index in [0.717, 1.165) is 9.87 Å². The molecule has 0 spiro atoms. The van der Waals surface area contributed by atoms with Gasteiger partial charge in [-0.2, -0.15) is 0 Å². The molecule has 0 saturated carbocycles. The number of nitrogens with zero attached hydrogens (tertiary/aromatic N) is 1. The van der Waals surface area contributed by atoms with E-state index in [1.807, 2.05) is 30.3 Å². The molecule has 166 valence electrons. The van der Waals surface area contributed by atoms with Gasteiger partial charge in [0.2, 0.25) is 5.91 Å². The normalized spacial score (nSPS) is 12.1. The van der Waals surface area contributed by atoms with E-state index in [-0.39, 0.29) is 16.9 Å². The van der Waals surface area contributed by atoms with Crippen LogP contribution in [0.1, 0.15) is 15.9 Å². The first-order chi connectivity index (χ1) is 15.2. The molecule has 1 unspecified atom stereocenters. The van der Waals surface area contributed by atoms with Crippen LogP contribution in [0, 0.1) is 0 Å². The molecule has 0 radical (unpaired) electrons. The number of hydrogen-bond donors (Lipinski definition) is 2. The zero-order valence-electron chi connectivity index (χ0n) is 17.2. The quantitative estimate of drug-likeness (QED) is 0.526. The molecular weight excluding hydrogens is 450 g/mol. The molecule has 0 fully saturated rings. The Morgan fingerprint density at radius 3 is 2.34 bits per heavy atom. The maximum Gasteiger partial charge on any atom is 0.264 e. The Bertz CT molecular complexity index is 1230. The molecule has 7 nitrogen and oxygen atoms in total. The number of carbonyl (C=O) groups is 2. The van der Waals surface area contributed by atoms with E-state index >= 15 is 0 Å². The summed E-state index contributed by atoms with van der Waals surface area (Å²) in [6.45, 7) is 0. The lowest BCUT2D eigenvalue weighted by atomic mass is 10.0. The number of anilines is 1. The van der Waals surface area contributed by atoms with Crippen molar-refractivity contribution in [3.05, 3.63) is 95.0 Å². The van der Waals surface area contributed by atoms with Crippen LogP contribution in [0.5, 0.6) is 0 Å². The van der Waals surface area contributed by atoms with Crippen LogP contribution < -0.4 is 15.4 Å². The Balaban J connectivity index is 1.82. The molecule has 0 bridgehead atoms. The minimum atomic E-state index is -3.96. The van der Waals surface area contributed by atoms with Crippen LogP contribution in [0.3, 0.4) is 0 Å². The summed E-state index contributed by atoms with van der Waals surface area (Å²) in [5.74, 6) is -1.29. The van der Waals surface area contributed by atoms with Crippen molar-refractivity contribution in [2.75, 3.05) is 11.4 Å². The summed E-state index contributed by atoms with van der Waals surface area (Å²) < 4.78 is 27.2. The smallest absolute Gasteiger partial charge is 0.264 e. The monoisotopic (exact) mass is 471 g/mol. The Hall–Kier alpha value is -3.36. The first-order valence-electron chi connectivity index (χ1n) is 9.67. The number of hydrogen-bond acceptors (Lipinski definition) is 4. The first-order valence-corrected chi connectivity index (χ1v) is 11.5. The van der Waals surface area contributed by atoms with E-state index in [2.05, 4.69) is 5.32 Å². The van der Waals surface area contributed by atoms with E-state index in [1.54, 1.807) is 18.2 Å². The van der Waals surface area contributed by atoms with Crippen LogP contribution in [-0.4, -0.2) is 33.3 Å². The van der Waals surface area contributed by atoms with Crippen LogP contribution >= 0.6 is 11.6 Å². The van der Waals surface area contributed by atoms with Crippen LogP contribution in [-0.2, 0) is 21.2 Å². The van der Waals surface area contributed by atoms with E-state index < -0.39 is 27.9 Å². The first kappa shape index (κ1) is 23.3. The van der Waals surface area contributed by atoms with Crippen LogP contribution in [0.4, 0.5) is 5.69 Å². The number of halogens is 1. The van der Waals surface area contributed by atoms with Crippen molar-refractivity contribution < 1.29 is 18.0 Å². The summed E-state index contributed by atoms with van der Waals surface area (Å²) in [5.41, 5.74) is 6.76. The van der Waals surface area contributed by atoms with E-state index in [9.17, 15) is 18.0 Å². The Labute approximate surface area is 191 Å². The third kappa shape index (κ3) is 5.46. The number of benzene rings is 3. The number of primary amides is 1. The molecule has 0 aromatic heterocycles. The number of rotatable bonds is 8. The lowest BCUT2D eigenvalue weighted by molar-refractivity contribution is -0.119. The molecular formula is C23H22ClN3O4S. The summed E-state index contributed by atoms with van der Waals surface area (Å²) in [6, 6.07) is 20.2. The zero-order valence-corrected chi connectivity index (χ0v) is 18.8. The van der Waals surface area contributed by atoms with Crippen molar-refractivity contribution in [2.24, 2.45) is 5.73 Å². The van der Waals surface area contributed by atoms with Gasteiger partial charge in [-0.15, -0.1) is 0 Å². The fraction of sp³-hybridized carbons (Fsp3) is 0.130. The van der Waals surface area contributed by atoms with Gasteiger partial charge < -0.3 is 11.1 Å². The summed E-state index contributed by atoms with van der Waals surface area (Å²) in [7, 11) is -2.56. The lowest BCUT2D eigenvalue weighted by Crippen LogP contribution is -2.45. The van der Waals surface area contributed by atoms with E-state index in [1.165, 1.54) is 37.4 Å². The van der Waals surface area contributed by atoms with Gasteiger partial charge in [0, 0.05) is 24.1 Å². The molecule has 0 aliphatic heterocycles. The van der Waals surface area contributed by atoms with Gasteiger partial charge in [0.1, 0.15) is 6.04 Å². The number of nitrogens with two attached hydrogens (primary N) is 1. The van der Waals surface area contributed by atoms with Gasteiger partial charge in [-0.3, -0.25) is 13.9 Å². The average molecular weight is 472 g/mol. The molecule has 0 aliphatic rings. The topological polar surface area (TPSA) is 110 Å². The third-order valence-corrected chi connectivity index (χ3v) is 6.87. The summed E-state index contributed by atoms with van der Waals surface area (Å²) in [5, 5.41) is 2.99. The fourth-order valence-corrected chi connectivity index (χ4v) is 4.50. The van der Waals surface area contributed by atoms with Crippen LogP contribution in [0.2, 0.25) is 5.02 Å². The Morgan fingerprint density at radius 2 is 1.69 bits per heavy atom. The van der Waals surface area contributed by atoms with Crippen molar-refractivity contribution in [3.63, 3.8) is 0 Å². The van der Waals surface area contributed by atoms with Gasteiger partial charge >= 0.3 is 0 Å². The van der Waals surface area contributed by atoms with E-state index in [4.69, 9.17) is 17.3 Å². The van der Waals surface area contributed by atoms with Gasteiger partial charge in [0.15, 0.2) is 0 Å². The number of nitrogens with one attached hydrogen (secondary N) is 1. The standard InChI is InChI=1S/C23H22ClN3O4S/c1-27(19-11-6-10-18(24)15-19)32(30,31)20-12-5-9-17(14-20)23(29)26-21(22(25)28)13-16-7-3-2-4-8-16/h2-12,14-15,21H,13H2,1H3,(H2,25,28)(H,26,29). The second-order valence-corrected chi connectivity index (χ2v) is 9.50. The molecule has 9 heteroatoms. The average Bonchev–Trinajstić information content (AvgIpc) is 2.78. The highest BCUT2D eigenvalue weighted by Crippen LogP contribution is 2.25. The molecule has 3 aromatic carbocycles. The Morgan fingerprint density at radius 1 is 1.00 bits per heavy atom. The molecule has 1 atom stereocenters. The fourth-order valence-electron chi connectivity index (χ4n) is 3.08. The van der Waals surface area contributed by atoms with E-state index in [0.29, 0.717) is 10.7 Å². The molecule has 3 rings (SSSR count). The van der Waals surface area contributed by atoms with Crippen molar-refractivity contribution in [3.8, 4) is 0 Å². The highest BCUT2D eigenvalue weighted by molar-refractivity contribution is 7.92. The van der Waals surface area contributed by atoms with Crippen molar-refractivity contribution >= 4 is 39.1 Å².